The number of carbonyl (C=O) groups is 2. The molecule has 17 nitrogen and oxygen atoms in total. The van der Waals surface area contributed by atoms with E-state index in [4.69, 9.17) is 10.00 Å². The highest BCUT2D eigenvalue weighted by molar-refractivity contribution is 7.91. The van der Waals surface area contributed by atoms with Crippen LogP contribution in [0.25, 0.3) is 10.8 Å². The molecule has 1 aliphatic heterocycles. The average molecular weight is 889 g/mol. The Morgan fingerprint density at radius 1 is 1.00 bits per heavy atom. The Balaban J connectivity index is 0.893. The molecule has 0 bridgehead atoms. The largest absolute Gasteiger partial charge is 0.417 e. The van der Waals surface area contributed by atoms with E-state index in [2.05, 4.69) is 41.5 Å². The van der Waals surface area contributed by atoms with Crippen LogP contribution in [0, 0.1) is 17.1 Å². The second-order valence-corrected chi connectivity index (χ2v) is 16.7. The number of amides is 2. The van der Waals surface area contributed by atoms with Gasteiger partial charge in [-0.1, -0.05) is 12.1 Å². The Morgan fingerprint density at radius 2 is 1.70 bits per heavy atom. The Morgan fingerprint density at radius 3 is 2.37 bits per heavy atom. The van der Waals surface area contributed by atoms with Gasteiger partial charge in [0, 0.05) is 41.7 Å². The molecule has 6 aromatic rings. The van der Waals surface area contributed by atoms with Gasteiger partial charge in [-0.2, -0.15) is 28.6 Å². The van der Waals surface area contributed by atoms with Crippen molar-refractivity contribution in [1.82, 2.24) is 25.0 Å². The van der Waals surface area contributed by atoms with Crippen LogP contribution in [0.5, 0.6) is 0 Å². The number of halogens is 4. The van der Waals surface area contributed by atoms with Gasteiger partial charge in [-0.3, -0.25) is 19.1 Å². The van der Waals surface area contributed by atoms with Crippen LogP contribution >= 0.6 is 0 Å². The van der Waals surface area contributed by atoms with Crippen molar-refractivity contribution in [2.45, 2.75) is 35.6 Å². The standard InChI is InChI=1S/C41H36F4N10O7S/c1-40(59,39(58)51-27-8-5-23(18-46)30(17-27)41(43,44)45)20-63(60,61)28-11-9-25(10-12-28)47-13-14-62-19-32(56)50-26-6-3-22(4-7-26)35-34(37-48-21-49-55(37)2)36-33-29(38(57)54-53-36)15-24(42)16-31(33)52-35/h3-12,15-17,21,34-35,47,52,59H,13-14,19-20H2,1-2H3,(H,50,56)(H,51,58)(H,54,57)/t34-,35-,40?/m1/s1. The van der Waals surface area contributed by atoms with E-state index in [1.54, 1.807) is 36.0 Å². The molecule has 0 saturated heterocycles. The predicted octanol–water partition coefficient (Wildman–Crippen LogP) is 4.61. The van der Waals surface area contributed by atoms with Crippen molar-refractivity contribution in [3.63, 3.8) is 0 Å². The Kier molecular flexibility index (Phi) is 12.0. The van der Waals surface area contributed by atoms with Crippen LogP contribution in [-0.2, 0) is 37.4 Å². The van der Waals surface area contributed by atoms with Crippen molar-refractivity contribution < 1.29 is 45.4 Å². The zero-order chi connectivity index (χ0) is 45.3. The number of nitriles is 1. The maximum Gasteiger partial charge on any atom is 0.417 e. The summed E-state index contributed by atoms with van der Waals surface area (Å²) in [6.07, 6.45) is -3.50. The van der Waals surface area contributed by atoms with Crippen LogP contribution in [0.4, 0.5) is 40.3 Å². The summed E-state index contributed by atoms with van der Waals surface area (Å²) in [6, 6.07) is 18.0. The lowest BCUT2D eigenvalue weighted by molar-refractivity contribution is -0.138. The molecule has 326 valence electrons. The van der Waals surface area contributed by atoms with Crippen LogP contribution in [-0.4, -0.2) is 81.4 Å². The van der Waals surface area contributed by atoms with Gasteiger partial charge in [0.2, 0.25) is 5.91 Å². The number of rotatable bonds is 14. The summed E-state index contributed by atoms with van der Waals surface area (Å²) >= 11 is 0. The topological polar surface area (TPSA) is 246 Å². The zero-order valence-electron chi connectivity index (χ0n) is 33.1. The van der Waals surface area contributed by atoms with Gasteiger partial charge in [0.05, 0.1) is 57.5 Å². The number of nitrogens with one attached hydrogen (secondary N) is 5. The summed E-state index contributed by atoms with van der Waals surface area (Å²) in [7, 11) is -2.56. The normalized spacial score (nSPS) is 15.8. The number of carbonyl (C=O) groups excluding carboxylic acids is 2. The Hall–Kier alpha value is -7.22. The minimum absolute atomic E-state index is 0.0823. The minimum Gasteiger partial charge on any atom is -0.383 e. The number of H-pyrrole nitrogens is 1. The molecule has 3 atom stereocenters. The van der Waals surface area contributed by atoms with E-state index < -0.39 is 79.3 Å². The first-order valence-electron chi connectivity index (χ1n) is 18.9. The Bertz CT molecular complexity index is 2930. The third-order valence-electron chi connectivity index (χ3n) is 10.1. The monoisotopic (exact) mass is 888 g/mol. The van der Waals surface area contributed by atoms with Gasteiger partial charge >= 0.3 is 6.18 Å². The molecule has 1 aliphatic rings. The second kappa shape index (κ2) is 17.3. The minimum atomic E-state index is -4.90. The van der Waals surface area contributed by atoms with E-state index in [0.717, 1.165) is 30.7 Å². The molecule has 2 amide bonds. The third kappa shape index (κ3) is 9.49. The molecule has 4 aromatic carbocycles. The highest BCUT2D eigenvalue weighted by Crippen LogP contribution is 2.46. The molecular weight excluding hydrogens is 853 g/mol. The molecule has 6 N–H and O–H groups in total. The summed E-state index contributed by atoms with van der Waals surface area (Å²) in [6.45, 7) is 0.914. The number of alkyl halides is 3. The fourth-order valence-electron chi connectivity index (χ4n) is 7.09. The first-order chi connectivity index (χ1) is 29.8. The van der Waals surface area contributed by atoms with E-state index in [1.807, 2.05) is 0 Å². The van der Waals surface area contributed by atoms with Crippen molar-refractivity contribution in [1.29, 1.82) is 5.26 Å². The lowest BCUT2D eigenvalue weighted by Crippen LogP contribution is -2.45. The molecule has 63 heavy (non-hydrogen) atoms. The molecule has 0 spiro atoms. The second-order valence-electron chi connectivity index (χ2n) is 14.7. The van der Waals surface area contributed by atoms with Gasteiger partial charge in [-0.15, -0.1) is 0 Å². The van der Waals surface area contributed by atoms with Crippen molar-refractivity contribution in [3.05, 3.63) is 130 Å². The summed E-state index contributed by atoms with van der Waals surface area (Å²) < 4.78 is 87.9. The third-order valence-corrected chi connectivity index (χ3v) is 12.0. The molecule has 0 saturated carbocycles. The van der Waals surface area contributed by atoms with Gasteiger partial charge in [0.25, 0.3) is 11.5 Å². The highest BCUT2D eigenvalue weighted by Gasteiger charge is 2.39. The fraction of sp³-hybridized carbons (Fsp3) is 0.244. The summed E-state index contributed by atoms with van der Waals surface area (Å²) in [4.78, 5) is 42.2. The quantitative estimate of drug-likeness (QED) is 0.0647. The van der Waals surface area contributed by atoms with E-state index >= 15 is 0 Å². The Labute approximate surface area is 355 Å². The maximum absolute atomic E-state index is 14.6. The van der Waals surface area contributed by atoms with E-state index in [9.17, 15) is 45.5 Å². The smallest absolute Gasteiger partial charge is 0.383 e. The first-order valence-corrected chi connectivity index (χ1v) is 20.5. The molecule has 1 unspecified atom stereocenters. The number of hydrogen-bond donors (Lipinski definition) is 6. The van der Waals surface area contributed by atoms with Gasteiger partial charge in [-0.25, -0.2) is 22.9 Å². The molecule has 2 aromatic heterocycles. The van der Waals surface area contributed by atoms with Crippen LogP contribution in [0.15, 0.2) is 94.9 Å². The summed E-state index contributed by atoms with van der Waals surface area (Å²) in [5.41, 5.74) is -2.91. The maximum atomic E-state index is 14.6. The number of aromatic nitrogens is 5. The van der Waals surface area contributed by atoms with Gasteiger partial charge in [0.1, 0.15) is 24.6 Å². The zero-order valence-corrected chi connectivity index (χ0v) is 33.9. The molecule has 0 radical (unpaired) electrons. The number of anilines is 4. The summed E-state index contributed by atoms with van der Waals surface area (Å²) in [5, 5.41) is 42.6. The van der Waals surface area contributed by atoms with Crippen LogP contribution in [0.3, 0.4) is 0 Å². The fourth-order valence-corrected chi connectivity index (χ4v) is 8.68. The van der Waals surface area contributed by atoms with Gasteiger partial charge in [0.15, 0.2) is 15.4 Å². The van der Waals surface area contributed by atoms with E-state index in [0.29, 0.717) is 40.0 Å². The predicted molar refractivity (Wildman–Crippen MR) is 220 cm³/mol. The SMILES string of the molecule is Cn1ncnc1[C@H]1c2n[nH]c(=O)c3cc(F)cc(c23)N[C@@H]1c1ccc(NC(=O)COCCNc2ccc(S(=O)(=O)CC(C)(O)C(=O)Nc3ccc(C#N)c(C(F)(F)F)c3)cc2)cc1. The molecule has 22 heteroatoms. The van der Waals surface area contributed by atoms with E-state index in [-0.39, 0.29) is 30.0 Å². The van der Waals surface area contributed by atoms with Gasteiger partial charge in [-0.05, 0) is 79.2 Å². The molecule has 3 heterocycles. The lowest BCUT2D eigenvalue weighted by Gasteiger charge is -2.33. The van der Waals surface area contributed by atoms with Crippen molar-refractivity contribution in [3.8, 4) is 6.07 Å². The first kappa shape index (κ1) is 43.9. The molecule has 0 aliphatic carbocycles. The number of ether oxygens (including phenoxy) is 1. The number of hydrogen-bond acceptors (Lipinski definition) is 13. The average Bonchev–Trinajstić information content (AvgIpc) is 3.66. The van der Waals surface area contributed by atoms with Crippen LogP contribution in [0.1, 0.15) is 47.1 Å². The number of aromatic amines is 1. The summed E-state index contributed by atoms with van der Waals surface area (Å²) in [5.74, 6) is -3.41. The van der Waals surface area contributed by atoms with Crippen molar-refractivity contribution >= 4 is 55.2 Å². The molecule has 7 rings (SSSR count). The van der Waals surface area contributed by atoms with E-state index in [1.165, 1.54) is 42.7 Å². The van der Waals surface area contributed by atoms with Crippen molar-refractivity contribution in [2.24, 2.45) is 7.05 Å². The van der Waals surface area contributed by atoms with Crippen LogP contribution < -0.4 is 26.8 Å². The molecule has 0 fully saturated rings. The number of aliphatic hydroxyl groups is 1. The van der Waals surface area contributed by atoms with Gasteiger partial charge < -0.3 is 31.1 Å². The van der Waals surface area contributed by atoms with Crippen LogP contribution in [0.2, 0.25) is 0 Å². The van der Waals surface area contributed by atoms with Crippen molar-refractivity contribution in [2.75, 3.05) is 46.8 Å². The highest BCUT2D eigenvalue weighted by atomic mass is 32.2. The molecular formula is C41H36F4N10O7S. The number of aryl methyl sites for hydroxylation is 1. The lowest BCUT2D eigenvalue weighted by atomic mass is 9.83. The number of sulfone groups is 1. The number of benzene rings is 4. The number of nitrogens with zero attached hydrogens (tertiary/aromatic N) is 5.